The topological polar surface area (TPSA) is 119 Å². The number of nitrogens with zero attached hydrogens (tertiary/aromatic N) is 2. The van der Waals surface area contributed by atoms with E-state index >= 15 is 0 Å². The summed E-state index contributed by atoms with van der Waals surface area (Å²) in [5.41, 5.74) is 1.24. The van der Waals surface area contributed by atoms with Crippen LogP contribution in [0.15, 0.2) is 24.3 Å². The molecule has 1 aliphatic rings. The summed E-state index contributed by atoms with van der Waals surface area (Å²) >= 11 is 0. The smallest absolute Gasteiger partial charge is 0.324 e. The first-order chi connectivity index (χ1) is 13.4. The van der Waals surface area contributed by atoms with E-state index in [2.05, 4.69) is 26.4 Å². The van der Waals surface area contributed by atoms with Crippen molar-refractivity contribution in [1.29, 1.82) is 0 Å². The molecule has 3 amide bonds. The third kappa shape index (κ3) is 4.34. The number of rotatable bonds is 5. The standard InChI is InChI=1S/C18H24N6O4/c1-10-8-16(25)22-17(19-10)24-15(7-11(2)23-24)21-18(26)20-12-5-6-13(27-3)14(9-12)28-4/h5-7,9-10,17,19H,8H2,1-4H3,(H,22,25)(H2,20,21,26). The van der Waals surface area contributed by atoms with Gasteiger partial charge in [0.05, 0.1) is 19.9 Å². The number of nitrogens with one attached hydrogen (secondary N) is 4. The Kier molecular flexibility index (Phi) is 5.69. The zero-order valence-corrected chi connectivity index (χ0v) is 16.2. The highest BCUT2D eigenvalue weighted by Gasteiger charge is 2.26. The third-order valence-corrected chi connectivity index (χ3v) is 4.22. The van der Waals surface area contributed by atoms with E-state index in [0.29, 0.717) is 35.1 Å². The molecule has 150 valence electrons. The normalized spacial score (nSPS) is 18.9. The Hall–Kier alpha value is -3.27. The summed E-state index contributed by atoms with van der Waals surface area (Å²) < 4.78 is 12.0. The number of methoxy groups -OCH3 is 2. The average Bonchev–Trinajstić information content (AvgIpc) is 3.00. The van der Waals surface area contributed by atoms with Crippen LogP contribution < -0.4 is 30.7 Å². The van der Waals surface area contributed by atoms with Crippen LogP contribution in [0.2, 0.25) is 0 Å². The van der Waals surface area contributed by atoms with Crippen molar-refractivity contribution in [2.75, 3.05) is 24.9 Å². The van der Waals surface area contributed by atoms with Crippen LogP contribution in [0.4, 0.5) is 16.3 Å². The van der Waals surface area contributed by atoms with Crippen LogP contribution in [0.3, 0.4) is 0 Å². The largest absolute Gasteiger partial charge is 0.493 e. The van der Waals surface area contributed by atoms with Crippen LogP contribution >= 0.6 is 0 Å². The van der Waals surface area contributed by atoms with Crippen LogP contribution in [-0.4, -0.2) is 42.0 Å². The first-order valence-corrected chi connectivity index (χ1v) is 8.81. The minimum Gasteiger partial charge on any atom is -0.493 e. The highest BCUT2D eigenvalue weighted by molar-refractivity contribution is 5.99. The quantitative estimate of drug-likeness (QED) is 0.620. The van der Waals surface area contributed by atoms with Crippen molar-refractivity contribution in [3.8, 4) is 11.5 Å². The Labute approximate surface area is 162 Å². The fourth-order valence-corrected chi connectivity index (χ4v) is 2.99. The molecule has 0 radical (unpaired) electrons. The fraction of sp³-hybridized carbons (Fsp3) is 0.389. The lowest BCUT2D eigenvalue weighted by Gasteiger charge is -2.30. The molecule has 2 atom stereocenters. The van der Waals surface area contributed by atoms with E-state index in [1.54, 1.807) is 31.4 Å². The van der Waals surface area contributed by atoms with E-state index in [0.717, 1.165) is 0 Å². The molecule has 2 aromatic rings. The van der Waals surface area contributed by atoms with Gasteiger partial charge in [0.15, 0.2) is 17.8 Å². The van der Waals surface area contributed by atoms with Crippen molar-refractivity contribution < 1.29 is 19.1 Å². The molecule has 3 rings (SSSR count). The van der Waals surface area contributed by atoms with Gasteiger partial charge in [-0.05, 0) is 26.0 Å². The lowest BCUT2D eigenvalue weighted by molar-refractivity contribution is -0.125. The van der Waals surface area contributed by atoms with Crippen LogP contribution in [0.5, 0.6) is 11.5 Å². The first-order valence-electron chi connectivity index (χ1n) is 8.81. The molecule has 0 aliphatic carbocycles. The molecule has 10 heteroatoms. The van der Waals surface area contributed by atoms with Gasteiger partial charge in [-0.3, -0.25) is 15.4 Å². The molecule has 1 aromatic heterocycles. The highest BCUT2D eigenvalue weighted by atomic mass is 16.5. The van der Waals surface area contributed by atoms with Crippen molar-refractivity contribution >= 4 is 23.4 Å². The van der Waals surface area contributed by atoms with Gasteiger partial charge in [0.2, 0.25) is 5.91 Å². The Morgan fingerprint density at radius 3 is 2.64 bits per heavy atom. The van der Waals surface area contributed by atoms with Crippen molar-refractivity contribution in [2.45, 2.75) is 32.6 Å². The second kappa shape index (κ2) is 8.17. The lowest BCUT2D eigenvalue weighted by Crippen LogP contribution is -2.52. The van der Waals surface area contributed by atoms with Crippen molar-refractivity contribution in [1.82, 2.24) is 20.4 Å². The van der Waals surface area contributed by atoms with Gasteiger partial charge in [-0.1, -0.05) is 0 Å². The molecule has 2 unspecified atom stereocenters. The summed E-state index contributed by atoms with van der Waals surface area (Å²) in [7, 11) is 3.07. The molecule has 0 spiro atoms. The minimum absolute atomic E-state index is 0.00306. The SMILES string of the molecule is COc1ccc(NC(=O)Nc2cc(C)nn2C2NC(=O)CC(C)N2)cc1OC. The van der Waals surface area contributed by atoms with Crippen LogP contribution in [-0.2, 0) is 4.79 Å². The summed E-state index contributed by atoms with van der Waals surface area (Å²) in [6, 6.07) is 6.33. The number of carbonyl (C=O) groups excluding carboxylic acids is 2. The van der Waals surface area contributed by atoms with E-state index in [1.165, 1.54) is 11.8 Å². The summed E-state index contributed by atoms with van der Waals surface area (Å²) in [5.74, 6) is 1.44. The molecular weight excluding hydrogens is 364 g/mol. The van der Waals surface area contributed by atoms with Crippen LogP contribution in [0.1, 0.15) is 25.3 Å². The zero-order valence-electron chi connectivity index (χ0n) is 16.2. The summed E-state index contributed by atoms with van der Waals surface area (Å²) in [6.45, 7) is 3.72. The van der Waals surface area contributed by atoms with E-state index in [9.17, 15) is 9.59 Å². The molecule has 28 heavy (non-hydrogen) atoms. The van der Waals surface area contributed by atoms with Crippen molar-refractivity contribution in [2.24, 2.45) is 0 Å². The number of ether oxygens (including phenoxy) is 2. The molecular formula is C18H24N6O4. The maximum Gasteiger partial charge on any atom is 0.324 e. The average molecular weight is 388 g/mol. The maximum atomic E-state index is 12.5. The predicted octanol–water partition coefficient (Wildman–Crippen LogP) is 1.81. The number of carbonyl (C=O) groups is 2. The molecule has 1 aliphatic heterocycles. The van der Waals surface area contributed by atoms with Gasteiger partial charge in [0.25, 0.3) is 0 Å². The highest BCUT2D eigenvalue weighted by Crippen LogP contribution is 2.29. The molecule has 1 saturated heterocycles. The molecule has 10 nitrogen and oxygen atoms in total. The number of hydrogen-bond acceptors (Lipinski definition) is 6. The number of amides is 3. The van der Waals surface area contributed by atoms with Gasteiger partial charge in [-0.15, -0.1) is 0 Å². The van der Waals surface area contributed by atoms with Gasteiger partial charge < -0.3 is 20.1 Å². The fourth-order valence-electron chi connectivity index (χ4n) is 2.99. The molecule has 1 fully saturated rings. The number of aryl methyl sites for hydroxylation is 1. The predicted molar refractivity (Wildman–Crippen MR) is 104 cm³/mol. The Bertz CT molecular complexity index is 881. The second-order valence-electron chi connectivity index (χ2n) is 6.51. The van der Waals surface area contributed by atoms with Gasteiger partial charge in [0.1, 0.15) is 5.82 Å². The van der Waals surface area contributed by atoms with Crippen molar-refractivity contribution in [3.05, 3.63) is 30.0 Å². The molecule has 2 heterocycles. The Balaban J connectivity index is 1.73. The Morgan fingerprint density at radius 1 is 1.21 bits per heavy atom. The molecule has 0 bridgehead atoms. The number of benzene rings is 1. The van der Waals surface area contributed by atoms with E-state index in [-0.39, 0.29) is 11.9 Å². The zero-order chi connectivity index (χ0) is 20.3. The van der Waals surface area contributed by atoms with E-state index in [4.69, 9.17) is 9.47 Å². The van der Waals surface area contributed by atoms with Gasteiger partial charge in [-0.25, -0.2) is 9.48 Å². The number of aromatic nitrogens is 2. The van der Waals surface area contributed by atoms with Gasteiger partial charge >= 0.3 is 6.03 Å². The summed E-state index contributed by atoms with van der Waals surface area (Å²) in [4.78, 5) is 24.3. The monoisotopic (exact) mass is 388 g/mol. The molecule has 1 aromatic carbocycles. The number of hydrogen-bond donors (Lipinski definition) is 4. The Morgan fingerprint density at radius 2 is 1.96 bits per heavy atom. The van der Waals surface area contributed by atoms with Crippen molar-refractivity contribution in [3.63, 3.8) is 0 Å². The number of urea groups is 1. The lowest BCUT2D eigenvalue weighted by atomic mass is 10.2. The molecule has 0 saturated carbocycles. The maximum absolute atomic E-state index is 12.5. The first kappa shape index (κ1) is 19.5. The molecule has 4 N–H and O–H groups in total. The van der Waals surface area contributed by atoms with Crippen LogP contribution in [0, 0.1) is 6.92 Å². The summed E-state index contributed by atoms with van der Waals surface area (Å²) in [6.07, 6.45) is -0.152. The number of anilines is 2. The van der Waals surface area contributed by atoms with Gasteiger partial charge in [0, 0.05) is 30.3 Å². The third-order valence-electron chi connectivity index (χ3n) is 4.22. The van der Waals surface area contributed by atoms with E-state index in [1.807, 2.05) is 13.8 Å². The minimum atomic E-state index is -0.540. The summed E-state index contributed by atoms with van der Waals surface area (Å²) in [5, 5.41) is 15.9. The van der Waals surface area contributed by atoms with Gasteiger partial charge in [-0.2, -0.15) is 5.10 Å². The van der Waals surface area contributed by atoms with Crippen LogP contribution in [0.25, 0.3) is 0 Å². The van der Waals surface area contributed by atoms with E-state index < -0.39 is 12.3 Å². The second-order valence-corrected chi connectivity index (χ2v) is 6.51.